The smallest absolute Gasteiger partial charge is 0.327 e. The van der Waals surface area contributed by atoms with Gasteiger partial charge in [0.2, 0.25) is 5.91 Å². The summed E-state index contributed by atoms with van der Waals surface area (Å²) in [5.74, 6) is 0.156. The van der Waals surface area contributed by atoms with E-state index in [0.29, 0.717) is 12.3 Å². The van der Waals surface area contributed by atoms with Gasteiger partial charge in [-0.2, -0.15) is 0 Å². The minimum Gasteiger partial charge on any atom is -0.361 e. The minimum absolute atomic E-state index is 0.0272. The summed E-state index contributed by atoms with van der Waals surface area (Å²) in [6, 6.07) is -0.518. The number of urea groups is 1. The van der Waals surface area contributed by atoms with E-state index in [0.717, 1.165) is 29.0 Å². The Morgan fingerprint density at radius 1 is 1.35 bits per heavy atom. The third-order valence-corrected chi connectivity index (χ3v) is 4.52. The summed E-state index contributed by atoms with van der Waals surface area (Å²) < 4.78 is 5.20. The van der Waals surface area contributed by atoms with Crippen LogP contribution >= 0.6 is 0 Å². The van der Waals surface area contributed by atoms with E-state index in [1.54, 1.807) is 11.9 Å². The van der Waals surface area contributed by atoms with Crippen LogP contribution in [0.4, 0.5) is 4.79 Å². The zero-order valence-corrected chi connectivity index (χ0v) is 13.5. The third-order valence-electron chi connectivity index (χ3n) is 4.52. The van der Waals surface area contributed by atoms with Crippen LogP contribution in [0.3, 0.4) is 0 Å². The predicted molar refractivity (Wildman–Crippen MR) is 79.4 cm³/mol. The van der Waals surface area contributed by atoms with Gasteiger partial charge in [-0.25, -0.2) is 4.79 Å². The van der Waals surface area contributed by atoms with Gasteiger partial charge >= 0.3 is 6.03 Å². The van der Waals surface area contributed by atoms with Gasteiger partial charge in [0.15, 0.2) is 0 Å². The van der Waals surface area contributed by atoms with Gasteiger partial charge in [-0.15, -0.1) is 0 Å². The molecule has 1 aromatic rings. The minimum atomic E-state index is -0.420. The number of carbonyl (C=O) groups excluding carboxylic acids is 3. The highest BCUT2D eigenvalue weighted by Crippen LogP contribution is 2.35. The maximum absolute atomic E-state index is 12.6. The fourth-order valence-corrected chi connectivity index (χ4v) is 3.38. The first kappa shape index (κ1) is 15.5. The number of nitrogens with zero attached hydrogens (tertiary/aromatic N) is 4. The quantitative estimate of drug-likeness (QED) is 0.771. The third kappa shape index (κ3) is 2.58. The van der Waals surface area contributed by atoms with Crippen LogP contribution in [-0.2, 0) is 9.59 Å². The lowest BCUT2D eigenvalue weighted by atomic mass is 10.0. The standard InChI is InChI=1S/C15H20N4O4/c1-9-14(10(2)23-16-9)11-5-4-6-18(11)13(21)8-19-12(20)7-17(3)15(19)22/h11H,4-8H2,1-3H3/t11-/m1/s1. The van der Waals surface area contributed by atoms with Crippen LogP contribution in [0, 0.1) is 13.8 Å². The summed E-state index contributed by atoms with van der Waals surface area (Å²) in [5, 5.41) is 3.95. The monoisotopic (exact) mass is 320 g/mol. The maximum Gasteiger partial charge on any atom is 0.327 e. The van der Waals surface area contributed by atoms with Crippen LogP contribution in [0.25, 0.3) is 0 Å². The molecule has 0 aromatic carbocycles. The maximum atomic E-state index is 12.6. The Kier molecular flexibility index (Phi) is 3.83. The number of likely N-dealkylation sites (tertiary alicyclic amines) is 1. The first-order valence-electron chi connectivity index (χ1n) is 7.68. The van der Waals surface area contributed by atoms with Gasteiger partial charge in [-0.3, -0.25) is 14.5 Å². The molecule has 4 amide bonds. The van der Waals surface area contributed by atoms with Crippen molar-refractivity contribution in [3.05, 3.63) is 17.0 Å². The van der Waals surface area contributed by atoms with Gasteiger partial charge in [0.25, 0.3) is 5.91 Å². The SMILES string of the molecule is Cc1noc(C)c1[C@H]1CCCN1C(=O)CN1C(=O)CN(C)C1=O. The molecular formula is C15H20N4O4. The van der Waals surface area contributed by atoms with Gasteiger partial charge in [-0.05, 0) is 26.7 Å². The van der Waals surface area contributed by atoms with Crippen LogP contribution in [0.2, 0.25) is 0 Å². The number of carbonyl (C=O) groups is 3. The molecule has 2 aliphatic rings. The molecule has 3 heterocycles. The summed E-state index contributed by atoms with van der Waals surface area (Å²) in [7, 11) is 1.55. The molecule has 3 rings (SSSR count). The first-order valence-corrected chi connectivity index (χ1v) is 7.68. The van der Waals surface area contributed by atoms with E-state index in [4.69, 9.17) is 4.52 Å². The molecule has 124 valence electrons. The highest BCUT2D eigenvalue weighted by molar-refractivity contribution is 6.04. The highest BCUT2D eigenvalue weighted by atomic mass is 16.5. The number of amides is 4. The van der Waals surface area contributed by atoms with Gasteiger partial charge in [0.1, 0.15) is 18.8 Å². The Labute approximate surface area is 134 Å². The predicted octanol–water partition coefficient (Wildman–Crippen LogP) is 0.849. The van der Waals surface area contributed by atoms with Crippen LogP contribution in [0.1, 0.15) is 35.9 Å². The molecule has 8 nitrogen and oxygen atoms in total. The second kappa shape index (κ2) is 5.68. The van der Waals surface area contributed by atoms with Crippen molar-refractivity contribution in [3.8, 4) is 0 Å². The summed E-state index contributed by atoms with van der Waals surface area (Å²) in [6.07, 6.45) is 1.71. The van der Waals surface area contributed by atoms with Gasteiger partial charge in [0.05, 0.1) is 11.7 Å². The van der Waals surface area contributed by atoms with E-state index >= 15 is 0 Å². The van der Waals surface area contributed by atoms with Crippen molar-refractivity contribution in [1.29, 1.82) is 0 Å². The summed E-state index contributed by atoms with van der Waals surface area (Å²) in [5.41, 5.74) is 1.72. The first-order chi connectivity index (χ1) is 10.9. The van der Waals surface area contributed by atoms with E-state index in [1.807, 2.05) is 13.8 Å². The lowest BCUT2D eigenvalue weighted by Gasteiger charge is -2.26. The average Bonchev–Trinajstić information content (AvgIpc) is 3.15. The number of aromatic nitrogens is 1. The zero-order chi connectivity index (χ0) is 16.7. The number of rotatable bonds is 3. The zero-order valence-electron chi connectivity index (χ0n) is 13.5. The van der Waals surface area contributed by atoms with E-state index in [2.05, 4.69) is 5.16 Å². The second-order valence-corrected chi connectivity index (χ2v) is 6.10. The van der Waals surface area contributed by atoms with Crippen molar-refractivity contribution < 1.29 is 18.9 Å². The lowest BCUT2D eigenvalue weighted by Crippen LogP contribution is -2.43. The van der Waals surface area contributed by atoms with Gasteiger partial charge < -0.3 is 14.3 Å². The summed E-state index contributed by atoms with van der Waals surface area (Å²) >= 11 is 0. The molecule has 23 heavy (non-hydrogen) atoms. The summed E-state index contributed by atoms with van der Waals surface area (Å²) in [6.45, 7) is 4.12. The molecule has 0 N–H and O–H groups in total. The Balaban J connectivity index is 1.77. The lowest BCUT2D eigenvalue weighted by molar-refractivity contribution is -0.137. The number of imide groups is 1. The molecule has 0 unspecified atom stereocenters. The van der Waals surface area contributed by atoms with E-state index in [1.165, 1.54) is 4.90 Å². The van der Waals surface area contributed by atoms with Crippen molar-refractivity contribution in [2.24, 2.45) is 0 Å². The average molecular weight is 320 g/mol. The van der Waals surface area contributed by atoms with E-state index in [9.17, 15) is 14.4 Å². The molecule has 0 spiro atoms. The highest BCUT2D eigenvalue weighted by Gasteiger charge is 2.39. The Morgan fingerprint density at radius 2 is 2.09 bits per heavy atom. The molecule has 1 aromatic heterocycles. The molecule has 0 aliphatic carbocycles. The van der Waals surface area contributed by atoms with E-state index < -0.39 is 6.03 Å². The van der Waals surface area contributed by atoms with Crippen molar-refractivity contribution >= 4 is 17.8 Å². The molecule has 2 fully saturated rings. The fourth-order valence-electron chi connectivity index (χ4n) is 3.38. The Bertz CT molecular complexity index is 649. The van der Waals surface area contributed by atoms with Gasteiger partial charge in [0, 0.05) is 19.2 Å². The molecule has 2 saturated heterocycles. The normalized spacial score (nSPS) is 21.7. The molecule has 1 atom stereocenters. The molecule has 0 radical (unpaired) electrons. The van der Waals surface area contributed by atoms with Crippen LogP contribution < -0.4 is 0 Å². The number of likely N-dealkylation sites (N-methyl/N-ethyl adjacent to an activating group) is 1. The van der Waals surface area contributed by atoms with Gasteiger partial charge in [-0.1, -0.05) is 5.16 Å². The van der Waals surface area contributed by atoms with Crippen molar-refractivity contribution in [2.45, 2.75) is 32.7 Å². The topological polar surface area (TPSA) is 87.0 Å². The van der Waals surface area contributed by atoms with Crippen LogP contribution in [-0.4, -0.2) is 64.4 Å². The summed E-state index contributed by atoms with van der Waals surface area (Å²) in [4.78, 5) is 40.4. The van der Waals surface area contributed by atoms with Crippen molar-refractivity contribution in [1.82, 2.24) is 19.9 Å². The fraction of sp³-hybridized carbons (Fsp3) is 0.600. The molecule has 2 aliphatic heterocycles. The molecule has 0 saturated carbocycles. The van der Waals surface area contributed by atoms with Crippen molar-refractivity contribution in [3.63, 3.8) is 0 Å². The number of aryl methyl sites for hydroxylation is 2. The Hall–Kier alpha value is -2.38. The Morgan fingerprint density at radius 3 is 2.65 bits per heavy atom. The number of hydrogen-bond donors (Lipinski definition) is 0. The van der Waals surface area contributed by atoms with Crippen molar-refractivity contribution in [2.75, 3.05) is 26.7 Å². The molecule has 8 heteroatoms. The second-order valence-electron chi connectivity index (χ2n) is 6.10. The van der Waals surface area contributed by atoms with Crippen LogP contribution in [0.5, 0.6) is 0 Å². The molecular weight excluding hydrogens is 300 g/mol. The number of hydrogen-bond acceptors (Lipinski definition) is 5. The molecule has 0 bridgehead atoms. The van der Waals surface area contributed by atoms with E-state index in [-0.39, 0.29) is 30.9 Å². The van der Waals surface area contributed by atoms with Crippen LogP contribution in [0.15, 0.2) is 4.52 Å². The largest absolute Gasteiger partial charge is 0.361 e.